The molecule has 1 aromatic heterocycles. The molecule has 12 rings (SSSR count). The van der Waals surface area contributed by atoms with E-state index in [-0.39, 0.29) is 0 Å². The zero-order valence-electron chi connectivity index (χ0n) is 31.7. The molecular weight excluding hydrogens is 723 g/mol. The summed E-state index contributed by atoms with van der Waals surface area (Å²) in [4.78, 5) is 15.2. The first-order valence-electron chi connectivity index (χ1n) is 19.8. The molecule has 2 heterocycles. The van der Waals surface area contributed by atoms with Crippen LogP contribution in [0.1, 0.15) is 22.3 Å². The zero-order valence-corrected chi connectivity index (χ0v) is 31.7. The predicted molar refractivity (Wildman–Crippen MR) is 235 cm³/mol. The maximum absolute atomic E-state index is 7.02. The second-order valence-electron chi connectivity index (χ2n) is 15.1. The minimum atomic E-state index is -0.556. The van der Waals surface area contributed by atoms with E-state index in [0.29, 0.717) is 40.5 Å². The summed E-state index contributed by atoms with van der Waals surface area (Å²) >= 11 is 0. The van der Waals surface area contributed by atoms with Gasteiger partial charge in [-0.05, 0) is 79.7 Å². The van der Waals surface area contributed by atoms with Gasteiger partial charge in [0, 0.05) is 22.3 Å². The average molecular weight is 756 g/mol. The van der Waals surface area contributed by atoms with Crippen LogP contribution in [0, 0.1) is 0 Å². The van der Waals surface area contributed by atoms with Crippen molar-refractivity contribution in [2.24, 2.45) is 0 Å². The van der Waals surface area contributed by atoms with Gasteiger partial charge in [0.25, 0.3) is 0 Å². The SMILES string of the molecule is c1ccc(-c2nc(-c3ccc4c(c3)Oc3c(ccc5c3-c3ccccc3C5(c3ccccc3)c3ccccc3)O4)nc(-c3ccc4c(ccc5ccccc54)c3)n2)cc1. The second kappa shape index (κ2) is 13.1. The van der Waals surface area contributed by atoms with Gasteiger partial charge in [-0.25, -0.2) is 15.0 Å². The van der Waals surface area contributed by atoms with Crippen LogP contribution in [0.4, 0.5) is 0 Å². The highest BCUT2D eigenvalue weighted by Crippen LogP contribution is 2.62. The lowest BCUT2D eigenvalue weighted by atomic mass is 9.68. The van der Waals surface area contributed by atoms with Gasteiger partial charge in [-0.15, -0.1) is 0 Å². The van der Waals surface area contributed by atoms with Crippen molar-refractivity contribution in [1.82, 2.24) is 15.0 Å². The van der Waals surface area contributed by atoms with E-state index in [1.54, 1.807) is 0 Å². The molecule has 0 spiro atoms. The van der Waals surface area contributed by atoms with E-state index in [2.05, 4.69) is 146 Å². The molecule has 0 amide bonds. The molecule has 0 bridgehead atoms. The number of fused-ring (bicyclic) bond motifs is 9. The van der Waals surface area contributed by atoms with Crippen LogP contribution in [-0.4, -0.2) is 15.0 Å². The number of hydrogen-bond donors (Lipinski definition) is 0. The Hall–Kier alpha value is -7.89. The van der Waals surface area contributed by atoms with Crippen LogP contribution in [0.15, 0.2) is 200 Å². The van der Waals surface area contributed by atoms with Crippen molar-refractivity contribution in [2.45, 2.75) is 5.41 Å². The Balaban J connectivity index is 0.999. The molecule has 9 aromatic carbocycles. The Morgan fingerprint density at radius 1 is 0.356 bits per heavy atom. The Morgan fingerprint density at radius 2 is 0.932 bits per heavy atom. The standard InChI is InChI=1S/C54H33N3O2/c1-4-15-35(16-5-1)51-55-52(37-26-28-42-36(32-37)25-24-34-14-10-11-21-41(34)42)57-53(56-51)38-27-30-46-48(33-38)59-50-47(58-46)31-29-45-49(50)43-22-12-13-23-44(43)54(45,39-17-6-2-7-18-39)40-19-8-3-9-20-40/h1-33H. The van der Waals surface area contributed by atoms with Crippen molar-refractivity contribution in [1.29, 1.82) is 0 Å². The third-order valence-electron chi connectivity index (χ3n) is 11.8. The van der Waals surface area contributed by atoms with Crippen LogP contribution in [-0.2, 0) is 5.41 Å². The van der Waals surface area contributed by atoms with E-state index >= 15 is 0 Å². The molecule has 0 atom stereocenters. The van der Waals surface area contributed by atoms with Crippen molar-refractivity contribution in [3.05, 3.63) is 222 Å². The van der Waals surface area contributed by atoms with Gasteiger partial charge in [0.05, 0.1) is 5.41 Å². The largest absolute Gasteiger partial charge is 0.449 e. The van der Waals surface area contributed by atoms with Gasteiger partial charge in [-0.2, -0.15) is 0 Å². The van der Waals surface area contributed by atoms with Gasteiger partial charge in [0.15, 0.2) is 40.5 Å². The summed E-state index contributed by atoms with van der Waals surface area (Å²) in [5, 5.41) is 4.75. The lowest BCUT2D eigenvalue weighted by molar-refractivity contribution is 0.360. The van der Waals surface area contributed by atoms with Gasteiger partial charge in [0.2, 0.25) is 0 Å². The van der Waals surface area contributed by atoms with Crippen molar-refractivity contribution >= 4 is 21.5 Å². The highest BCUT2D eigenvalue weighted by atomic mass is 16.6. The minimum Gasteiger partial charge on any atom is -0.449 e. The molecule has 5 nitrogen and oxygen atoms in total. The molecule has 0 fully saturated rings. The maximum atomic E-state index is 7.02. The molecule has 5 heteroatoms. The monoisotopic (exact) mass is 755 g/mol. The van der Waals surface area contributed by atoms with Crippen LogP contribution in [0.25, 0.3) is 66.8 Å². The smallest absolute Gasteiger partial charge is 0.178 e. The molecule has 276 valence electrons. The van der Waals surface area contributed by atoms with Gasteiger partial charge in [-0.3, -0.25) is 0 Å². The van der Waals surface area contributed by atoms with Gasteiger partial charge in [-0.1, -0.05) is 170 Å². The molecule has 0 unspecified atom stereocenters. The number of ether oxygens (including phenoxy) is 2. The van der Waals surface area contributed by atoms with E-state index in [0.717, 1.165) is 38.8 Å². The number of rotatable bonds is 5. The summed E-state index contributed by atoms with van der Waals surface area (Å²) in [6.07, 6.45) is 0. The molecule has 1 aliphatic heterocycles. The topological polar surface area (TPSA) is 57.1 Å². The van der Waals surface area contributed by atoms with Crippen LogP contribution >= 0.6 is 0 Å². The lowest BCUT2D eigenvalue weighted by Crippen LogP contribution is -2.28. The molecule has 0 N–H and O–H groups in total. The fourth-order valence-corrected chi connectivity index (χ4v) is 9.21. The van der Waals surface area contributed by atoms with E-state index in [1.165, 1.54) is 32.8 Å². The quantitative estimate of drug-likeness (QED) is 0.164. The summed E-state index contributed by atoms with van der Waals surface area (Å²) in [7, 11) is 0. The predicted octanol–water partition coefficient (Wildman–Crippen LogP) is 13.4. The highest BCUT2D eigenvalue weighted by molar-refractivity contribution is 6.08. The molecule has 0 saturated heterocycles. The molecule has 1 aliphatic carbocycles. The molecule has 10 aromatic rings. The third kappa shape index (κ3) is 5.15. The van der Waals surface area contributed by atoms with Gasteiger partial charge in [0.1, 0.15) is 0 Å². The van der Waals surface area contributed by atoms with Crippen LogP contribution in [0.5, 0.6) is 23.0 Å². The number of benzene rings is 9. The molecule has 2 aliphatic rings. The Bertz CT molecular complexity index is 3240. The molecular formula is C54H33N3O2. The summed E-state index contributed by atoms with van der Waals surface area (Å²) in [6, 6.07) is 69.7. The van der Waals surface area contributed by atoms with E-state index in [9.17, 15) is 0 Å². The summed E-state index contributed by atoms with van der Waals surface area (Å²) < 4.78 is 13.7. The summed E-state index contributed by atoms with van der Waals surface area (Å²) in [6.45, 7) is 0. The van der Waals surface area contributed by atoms with E-state index < -0.39 is 5.41 Å². The van der Waals surface area contributed by atoms with E-state index in [1.807, 2.05) is 54.6 Å². The normalized spacial score (nSPS) is 13.2. The van der Waals surface area contributed by atoms with Crippen molar-refractivity contribution in [3.63, 3.8) is 0 Å². The van der Waals surface area contributed by atoms with Crippen molar-refractivity contribution in [3.8, 4) is 68.3 Å². The van der Waals surface area contributed by atoms with Gasteiger partial charge >= 0.3 is 0 Å². The minimum absolute atomic E-state index is 0.542. The van der Waals surface area contributed by atoms with Crippen LogP contribution < -0.4 is 9.47 Å². The fourth-order valence-electron chi connectivity index (χ4n) is 9.21. The number of nitrogens with zero attached hydrogens (tertiary/aromatic N) is 3. The first-order valence-corrected chi connectivity index (χ1v) is 19.8. The van der Waals surface area contributed by atoms with E-state index in [4.69, 9.17) is 24.4 Å². The summed E-state index contributed by atoms with van der Waals surface area (Å²) in [5.41, 5.74) is 8.94. The summed E-state index contributed by atoms with van der Waals surface area (Å²) in [5.74, 6) is 4.32. The first kappa shape index (κ1) is 33.3. The third-order valence-corrected chi connectivity index (χ3v) is 11.8. The highest BCUT2D eigenvalue weighted by Gasteiger charge is 2.48. The molecule has 0 saturated carbocycles. The second-order valence-corrected chi connectivity index (χ2v) is 15.1. The van der Waals surface area contributed by atoms with Gasteiger partial charge < -0.3 is 9.47 Å². The fraction of sp³-hybridized carbons (Fsp3) is 0.0185. The average Bonchev–Trinajstić information content (AvgIpc) is 3.62. The maximum Gasteiger partial charge on any atom is 0.178 e. The van der Waals surface area contributed by atoms with Crippen molar-refractivity contribution in [2.75, 3.05) is 0 Å². The zero-order chi connectivity index (χ0) is 38.9. The lowest BCUT2D eigenvalue weighted by Gasteiger charge is -2.34. The Morgan fingerprint density at radius 3 is 1.69 bits per heavy atom. The Kier molecular flexibility index (Phi) is 7.38. The first-order chi connectivity index (χ1) is 29.2. The van der Waals surface area contributed by atoms with Crippen LogP contribution in [0.3, 0.4) is 0 Å². The Labute approximate surface area is 340 Å². The van der Waals surface area contributed by atoms with Crippen molar-refractivity contribution < 1.29 is 9.47 Å². The molecule has 0 radical (unpaired) electrons. The molecule has 59 heavy (non-hydrogen) atoms. The number of hydrogen-bond acceptors (Lipinski definition) is 5. The number of aromatic nitrogens is 3. The van der Waals surface area contributed by atoms with Crippen LogP contribution in [0.2, 0.25) is 0 Å².